The van der Waals surface area contributed by atoms with Crippen LogP contribution in [0.3, 0.4) is 0 Å². The minimum absolute atomic E-state index is 0.0323. The highest BCUT2D eigenvalue weighted by atomic mass is 19.1. The van der Waals surface area contributed by atoms with Crippen LogP contribution >= 0.6 is 0 Å². The number of ether oxygens (including phenoxy) is 3. The van der Waals surface area contributed by atoms with Crippen LogP contribution in [0.25, 0.3) is 11.1 Å². The lowest BCUT2D eigenvalue weighted by molar-refractivity contribution is -0.135. The molecule has 208 valence electrons. The molecule has 40 heavy (non-hydrogen) atoms. The number of anilines is 2. The van der Waals surface area contributed by atoms with Gasteiger partial charge in [0.25, 0.3) is 12.4 Å². The topological polar surface area (TPSA) is 103 Å². The smallest absolute Gasteiger partial charge is 0.337 e. The maximum absolute atomic E-state index is 15.2. The van der Waals surface area contributed by atoms with Crippen LogP contribution in [0, 0.1) is 6.92 Å². The van der Waals surface area contributed by atoms with Gasteiger partial charge in [0, 0.05) is 12.2 Å². The fourth-order valence-electron chi connectivity index (χ4n) is 4.84. The lowest BCUT2D eigenvalue weighted by atomic mass is 10.1. The summed E-state index contributed by atoms with van der Waals surface area (Å²) in [5.41, 5.74) is 3.90. The van der Waals surface area contributed by atoms with E-state index in [-0.39, 0.29) is 18.1 Å². The number of nitrogens with one attached hydrogen (secondary N) is 1. The van der Waals surface area contributed by atoms with E-state index in [4.69, 9.17) is 13.9 Å². The van der Waals surface area contributed by atoms with Gasteiger partial charge in [-0.05, 0) is 73.4 Å². The normalized spacial score (nSPS) is 15.6. The van der Waals surface area contributed by atoms with E-state index in [1.807, 2.05) is 31.2 Å². The number of hydrogen-bond acceptors (Lipinski definition) is 8. The molecule has 0 spiro atoms. The maximum atomic E-state index is 15.2. The largest absolute Gasteiger partial charge is 0.494 e. The Morgan fingerprint density at radius 2 is 1.93 bits per heavy atom. The molecule has 0 bridgehead atoms. The SMILES string of the molecule is COC(=O)c1ccc(OC(F)[C@@H]2CCCN2C(=O)Cc2cc(OC)c3nc(Nc4ccccc4C)oc3c2)cc1. The van der Waals surface area contributed by atoms with Crippen molar-refractivity contribution >= 4 is 34.7 Å². The number of para-hydroxylation sites is 1. The zero-order chi connectivity index (χ0) is 28.2. The number of hydrogen-bond donors (Lipinski definition) is 1. The Bertz CT molecular complexity index is 1520. The number of halogens is 1. The molecule has 1 aliphatic heterocycles. The summed E-state index contributed by atoms with van der Waals surface area (Å²) in [6.07, 6.45) is -0.549. The van der Waals surface area contributed by atoms with E-state index < -0.39 is 18.4 Å². The highest BCUT2D eigenvalue weighted by Gasteiger charge is 2.36. The molecule has 0 radical (unpaired) electrons. The van der Waals surface area contributed by atoms with Crippen LogP contribution < -0.4 is 14.8 Å². The summed E-state index contributed by atoms with van der Waals surface area (Å²) in [5.74, 6) is 0.0147. The Morgan fingerprint density at radius 3 is 2.65 bits per heavy atom. The van der Waals surface area contributed by atoms with Crippen molar-refractivity contribution in [1.29, 1.82) is 0 Å². The number of methoxy groups -OCH3 is 2. The summed E-state index contributed by atoms with van der Waals surface area (Å²) in [5, 5.41) is 3.18. The van der Waals surface area contributed by atoms with E-state index in [0.717, 1.165) is 11.3 Å². The predicted octanol–water partition coefficient (Wildman–Crippen LogP) is 5.58. The minimum atomic E-state index is -1.73. The van der Waals surface area contributed by atoms with Crippen LogP contribution in [0.15, 0.2) is 65.1 Å². The van der Waals surface area contributed by atoms with Crippen molar-refractivity contribution in [1.82, 2.24) is 9.88 Å². The number of benzene rings is 3. The summed E-state index contributed by atoms with van der Waals surface area (Å²) >= 11 is 0. The van der Waals surface area contributed by atoms with Crippen LogP contribution in [-0.4, -0.2) is 54.9 Å². The zero-order valence-electron chi connectivity index (χ0n) is 22.5. The Labute approximate surface area is 230 Å². The van der Waals surface area contributed by atoms with E-state index in [1.165, 1.54) is 43.4 Å². The number of carbonyl (C=O) groups is 2. The third kappa shape index (κ3) is 5.70. The number of fused-ring (bicyclic) bond motifs is 1. The second kappa shape index (κ2) is 11.6. The van der Waals surface area contributed by atoms with Gasteiger partial charge in [0.1, 0.15) is 11.5 Å². The van der Waals surface area contributed by atoms with Gasteiger partial charge in [-0.15, -0.1) is 0 Å². The van der Waals surface area contributed by atoms with E-state index in [1.54, 1.807) is 12.1 Å². The number of rotatable bonds is 9. The number of aryl methyl sites for hydroxylation is 1. The van der Waals surface area contributed by atoms with Gasteiger partial charge in [-0.2, -0.15) is 9.37 Å². The molecule has 1 fully saturated rings. The Kier molecular flexibility index (Phi) is 7.86. The highest BCUT2D eigenvalue weighted by Crippen LogP contribution is 2.32. The molecule has 2 heterocycles. The molecule has 1 N–H and O–H groups in total. The van der Waals surface area contributed by atoms with Gasteiger partial charge in [0.2, 0.25) is 5.91 Å². The maximum Gasteiger partial charge on any atom is 0.337 e. The number of aromatic nitrogens is 1. The second-order valence-electron chi connectivity index (χ2n) is 9.56. The zero-order valence-corrected chi connectivity index (χ0v) is 22.5. The third-order valence-corrected chi connectivity index (χ3v) is 6.93. The lowest BCUT2D eigenvalue weighted by Gasteiger charge is -2.27. The van der Waals surface area contributed by atoms with Gasteiger partial charge in [-0.25, -0.2) is 4.79 Å². The number of esters is 1. The first-order valence-electron chi connectivity index (χ1n) is 12.9. The van der Waals surface area contributed by atoms with E-state index in [0.29, 0.717) is 53.4 Å². The first-order chi connectivity index (χ1) is 19.4. The molecule has 1 aliphatic rings. The standard InChI is InChI=1S/C30H30FN3O6/c1-18-7-4-5-8-22(18)32-30-33-27-24(37-2)15-19(16-25(27)40-30)17-26(35)34-14-6-9-23(34)28(31)39-21-12-10-20(11-13-21)29(36)38-3/h4-5,7-8,10-13,15-16,23,28H,6,9,14,17H2,1-3H3,(H,32,33)/t23-,28?/m0/s1. The number of amides is 1. The molecule has 3 aromatic carbocycles. The molecule has 5 rings (SSSR count). The van der Waals surface area contributed by atoms with E-state index in [9.17, 15) is 9.59 Å². The third-order valence-electron chi connectivity index (χ3n) is 6.93. The molecule has 4 aromatic rings. The van der Waals surface area contributed by atoms with Gasteiger partial charge < -0.3 is 28.8 Å². The second-order valence-corrected chi connectivity index (χ2v) is 9.56. The van der Waals surface area contributed by atoms with Crippen molar-refractivity contribution in [2.45, 2.75) is 38.6 Å². The van der Waals surface area contributed by atoms with Crippen LogP contribution in [0.2, 0.25) is 0 Å². The minimum Gasteiger partial charge on any atom is -0.494 e. The van der Waals surface area contributed by atoms with Crippen molar-refractivity contribution in [3.8, 4) is 11.5 Å². The van der Waals surface area contributed by atoms with Gasteiger partial charge in [0.05, 0.1) is 32.2 Å². The quantitative estimate of drug-likeness (QED) is 0.271. The van der Waals surface area contributed by atoms with Crippen LogP contribution in [0.5, 0.6) is 11.5 Å². The van der Waals surface area contributed by atoms with Crippen LogP contribution in [0.1, 0.15) is 34.3 Å². The average molecular weight is 548 g/mol. The van der Waals surface area contributed by atoms with Crippen molar-refractivity contribution in [3.63, 3.8) is 0 Å². The van der Waals surface area contributed by atoms with E-state index in [2.05, 4.69) is 15.0 Å². The Hall–Kier alpha value is -4.60. The van der Waals surface area contributed by atoms with Gasteiger partial charge >= 0.3 is 5.97 Å². The van der Waals surface area contributed by atoms with Crippen molar-refractivity contribution in [2.75, 3.05) is 26.1 Å². The molecular formula is C30H30FN3O6. The summed E-state index contributed by atoms with van der Waals surface area (Å²) in [6.45, 7) is 2.41. The van der Waals surface area contributed by atoms with Crippen molar-refractivity contribution < 1.29 is 32.6 Å². The first-order valence-corrected chi connectivity index (χ1v) is 12.9. The summed E-state index contributed by atoms with van der Waals surface area (Å²) in [4.78, 5) is 31.0. The fraction of sp³-hybridized carbons (Fsp3) is 0.300. The molecule has 1 amide bonds. The molecule has 0 saturated carbocycles. The van der Waals surface area contributed by atoms with E-state index >= 15 is 4.39 Å². The van der Waals surface area contributed by atoms with Gasteiger partial charge in [-0.1, -0.05) is 18.2 Å². The number of alkyl halides is 1. The van der Waals surface area contributed by atoms with Gasteiger partial charge in [-0.3, -0.25) is 4.79 Å². The number of oxazole rings is 1. The predicted molar refractivity (Wildman–Crippen MR) is 147 cm³/mol. The molecule has 1 saturated heterocycles. The fourth-order valence-corrected chi connectivity index (χ4v) is 4.84. The monoisotopic (exact) mass is 547 g/mol. The average Bonchev–Trinajstić information content (AvgIpc) is 3.61. The highest BCUT2D eigenvalue weighted by molar-refractivity contribution is 5.89. The molecule has 1 aromatic heterocycles. The number of carbonyl (C=O) groups excluding carboxylic acids is 2. The van der Waals surface area contributed by atoms with Crippen LogP contribution in [0.4, 0.5) is 16.1 Å². The Morgan fingerprint density at radius 1 is 1.15 bits per heavy atom. The summed E-state index contributed by atoms with van der Waals surface area (Å²) < 4.78 is 36.9. The van der Waals surface area contributed by atoms with Crippen molar-refractivity contribution in [3.05, 3.63) is 77.4 Å². The molecular weight excluding hydrogens is 517 g/mol. The van der Waals surface area contributed by atoms with Crippen LogP contribution in [-0.2, 0) is 16.0 Å². The molecule has 10 heteroatoms. The van der Waals surface area contributed by atoms with Crippen molar-refractivity contribution in [2.24, 2.45) is 0 Å². The lowest BCUT2D eigenvalue weighted by Crippen LogP contribution is -2.44. The summed E-state index contributed by atoms with van der Waals surface area (Å²) in [6, 6.07) is 16.9. The number of likely N-dealkylation sites (tertiary alicyclic amines) is 1. The molecule has 1 unspecified atom stereocenters. The molecule has 9 nitrogen and oxygen atoms in total. The number of nitrogens with zero attached hydrogens (tertiary/aromatic N) is 2. The molecule has 0 aliphatic carbocycles. The first kappa shape index (κ1) is 27.0. The Balaban J connectivity index is 1.28. The van der Waals surface area contributed by atoms with Gasteiger partial charge in [0.15, 0.2) is 11.1 Å². The molecule has 2 atom stereocenters. The summed E-state index contributed by atoms with van der Waals surface area (Å²) in [7, 11) is 2.82.